The van der Waals surface area contributed by atoms with Gasteiger partial charge in [-0.05, 0) is 39.9 Å². The number of carbonyl (C=O) groups is 1. The first-order valence-electron chi connectivity index (χ1n) is 8.28. The van der Waals surface area contributed by atoms with Crippen molar-refractivity contribution in [3.63, 3.8) is 0 Å². The largest absolute Gasteiger partial charge is 0.348 e. The Labute approximate surface area is 154 Å². The summed E-state index contributed by atoms with van der Waals surface area (Å²) in [5, 5.41) is 21.4. The predicted molar refractivity (Wildman–Crippen MR) is 102 cm³/mol. The Bertz CT molecular complexity index is 1040. The molecule has 7 heteroatoms. The van der Waals surface area contributed by atoms with Crippen molar-refractivity contribution in [2.75, 3.05) is 0 Å². The maximum atomic E-state index is 12.4. The monoisotopic (exact) mass is 363 g/mol. The molecule has 6 nitrogen and oxygen atoms in total. The van der Waals surface area contributed by atoms with Crippen LogP contribution in [0, 0.1) is 0 Å². The molecule has 0 bridgehead atoms. The molecule has 0 radical (unpaired) electrons. The van der Waals surface area contributed by atoms with Gasteiger partial charge >= 0.3 is 0 Å². The third-order valence-corrected chi connectivity index (χ3v) is 4.87. The van der Waals surface area contributed by atoms with Gasteiger partial charge in [-0.1, -0.05) is 42.5 Å². The van der Waals surface area contributed by atoms with Gasteiger partial charge in [0.25, 0.3) is 0 Å². The average Bonchev–Trinajstić information content (AvgIpc) is 3.32. The predicted octanol–water partition coefficient (Wildman–Crippen LogP) is 3.43. The molecule has 0 spiro atoms. The number of carbonyl (C=O) groups excluding carboxylic acids is 1. The highest BCUT2D eigenvalue weighted by Crippen LogP contribution is 2.24. The summed E-state index contributed by atoms with van der Waals surface area (Å²) in [6, 6.07) is 16.1. The Kier molecular flexibility index (Phi) is 4.45. The maximum Gasteiger partial charge on any atom is 0.244 e. The van der Waals surface area contributed by atoms with Crippen molar-refractivity contribution >= 4 is 28.0 Å². The SMILES string of the molecule is C[C@@H](NC(=O)Cn1nnc(-c2ccsc2)n1)c1cccc2ccccc12. The number of aromatic nitrogens is 4. The van der Waals surface area contributed by atoms with E-state index in [0.29, 0.717) is 5.82 Å². The lowest BCUT2D eigenvalue weighted by atomic mass is 10.00. The second kappa shape index (κ2) is 7.05. The summed E-state index contributed by atoms with van der Waals surface area (Å²) in [4.78, 5) is 13.7. The van der Waals surface area contributed by atoms with E-state index in [2.05, 4.69) is 38.9 Å². The zero-order valence-corrected chi connectivity index (χ0v) is 15.0. The molecule has 0 aliphatic rings. The molecule has 0 fully saturated rings. The second-order valence-electron chi connectivity index (χ2n) is 6.01. The fourth-order valence-corrected chi connectivity index (χ4v) is 3.57. The summed E-state index contributed by atoms with van der Waals surface area (Å²) in [7, 11) is 0. The fraction of sp³-hybridized carbons (Fsp3) is 0.158. The lowest BCUT2D eigenvalue weighted by Crippen LogP contribution is -2.31. The average molecular weight is 363 g/mol. The first-order chi connectivity index (χ1) is 12.7. The van der Waals surface area contributed by atoms with Crippen LogP contribution in [0.3, 0.4) is 0 Å². The third-order valence-electron chi connectivity index (χ3n) is 4.18. The summed E-state index contributed by atoms with van der Waals surface area (Å²) in [5.41, 5.74) is 1.99. The lowest BCUT2D eigenvalue weighted by Gasteiger charge is -2.16. The third kappa shape index (κ3) is 3.34. The number of hydrogen-bond donors (Lipinski definition) is 1. The van der Waals surface area contributed by atoms with Gasteiger partial charge in [-0.2, -0.15) is 16.1 Å². The molecule has 0 saturated heterocycles. The van der Waals surface area contributed by atoms with Crippen molar-refractivity contribution < 1.29 is 4.79 Å². The van der Waals surface area contributed by atoms with E-state index in [4.69, 9.17) is 0 Å². The topological polar surface area (TPSA) is 72.7 Å². The van der Waals surface area contributed by atoms with Gasteiger partial charge in [-0.25, -0.2) is 0 Å². The van der Waals surface area contributed by atoms with Gasteiger partial charge in [0.05, 0.1) is 6.04 Å². The molecule has 4 aromatic rings. The van der Waals surface area contributed by atoms with Crippen LogP contribution >= 0.6 is 11.3 Å². The molecule has 1 N–H and O–H groups in total. The van der Waals surface area contributed by atoms with Gasteiger partial charge in [-0.3, -0.25) is 4.79 Å². The zero-order valence-electron chi connectivity index (χ0n) is 14.2. The first kappa shape index (κ1) is 16.4. The van der Waals surface area contributed by atoms with Crippen LogP contribution in [0.4, 0.5) is 0 Å². The Hall–Kier alpha value is -3.06. The highest BCUT2D eigenvalue weighted by Gasteiger charge is 2.14. The summed E-state index contributed by atoms with van der Waals surface area (Å²) in [6.45, 7) is 2.01. The number of thiophene rings is 1. The molecule has 4 rings (SSSR count). The summed E-state index contributed by atoms with van der Waals surface area (Å²) in [6.07, 6.45) is 0. The van der Waals surface area contributed by atoms with Crippen LogP contribution in [-0.2, 0) is 11.3 Å². The normalized spacial score (nSPS) is 12.2. The Morgan fingerprint density at radius 1 is 1.19 bits per heavy atom. The van der Waals surface area contributed by atoms with Gasteiger partial charge in [-0.15, -0.1) is 10.2 Å². The van der Waals surface area contributed by atoms with Crippen molar-refractivity contribution in [1.82, 2.24) is 25.5 Å². The molecule has 2 heterocycles. The number of fused-ring (bicyclic) bond motifs is 1. The number of tetrazole rings is 1. The summed E-state index contributed by atoms with van der Waals surface area (Å²) < 4.78 is 0. The molecular weight excluding hydrogens is 346 g/mol. The van der Waals surface area contributed by atoms with Gasteiger partial charge in [0.2, 0.25) is 11.7 Å². The number of nitrogens with zero attached hydrogens (tertiary/aromatic N) is 4. The first-order valence-corrected chi connectivity index (χ1v) is 9.22. The quantitative estimate of drug-likeness (QED) is 0.590. The van der Waals surface area contributed by atoms with E-state index in [0.717, 1.165) is 21.9 Å². The number of amides is 1. The van der Waals surface area contributed by atoms with Crippen LogP contribution in [0.2, 0.25) is 0 Å². The minimum Gasteiger partial charge on any atom is -0.348 e. The lowest BCUT2D eigenvalue weighted by molar-refractivity contribution is -0.122. The molecule has 130 valence electrons. The molecule has 0 aliphatic heterocycles. The Morgan fingerprint density at radius 3 is 2.88 bits per heavy atom. The molecular formula is C19H17N5OS. The van der Waals surface area contributed by atoms with Gasteiger partial charge < -0.3 is 5.32 Å². The van der Waals surface area contributed by atoms with E-state index >= 15 is 0 Å². The molecule has 1 atom stereocenters. The van der Waals surface area contributed by atoms with Crippen LogP contribution in [0.1, 0.15) is 18.5 Å². The highest BCUT2D eigenvalue weighted by molar-refractivity contribution is 7.08. The van der Waals surface area contributed by atoms with Crippen molar-refractivity contribution in [3.8, 4) is 11.4 Å². The van der Waals surface area contributed by atoms with E-state index in [1.54, 1.807) is 11.3 Å². The molecule has 2 aromatic heterocycles. The smallest absolute Gasteiger partial charge is 0.244 e. The number of rotatable bonds is 5. The number of hydrogen-bond acceptors (Lipinski definition) is 5. The Balaban J connectivity index is 1.46. The van der Waals surface area contributed by atoms with Crippen molar-refractivity contribution in [2.24, 2.45) is 0 Å². The standard InChI is InChI=1S/C19H17N5OS/c1-13(16-8-4-6-14-5-2-3-7-17(14)16)20-18(25)11-24-22-19(21-23-24)15-9-10-26-12-15/h2-10,12-13H,11H2,1H3,(H,20,25)/t13-/m1/s1. The van der Waals surface area contributed by atoms with Crippen LogP contribution in [0.25, 0.3) is 22.2 Å². The minimum atomic E-state index is -0.153. The second-order valence-corrected chi connectivity index (χ2v) is 6.79. The van der Waals surface area contributed by atoms with E-state index in [9.17, 15) is 4.79 Å². The minimum absolute atomic E-state index is 0.0340. The van der Waals surface area contributed by atoms with Crippen LogP contribution in [0.5, 0.6) is 0 Å². The van der Waals surface area contributed by atoms with Crippen molar-refractivity contribution in [1.29, 1.82) is 0 Å². The van der Waals surface area contributed by atoms with Crippen LogP contribution in [-0.4, -0.2) is 26.1 Å². The van der Waals surface area contributed by atoms with Crippen LogP contribution in [0.15, 0.2) is 59.3 Å². The van der Waals surface area contributed by atoms with Crippen LogP contribution < -0.4 is 5.32 Å². The Morgan fingerprint density at radius 2 is 2.04 bits per heavy atom. The molecule has 0 aliphatic carbocycles. The number of nitrogens with one attached hydrogen (secondary N) is 1. The van der Waals surface area contributed by atoms with E-state index in [-0.39, 0.29) is 18.5 Å². The zero-order chi connectivity index (χ0) is 17.9. The molecule has 26 heavy (non-hydrogen) atoms. The molecule has 2 aromatic carbocycles. The van der Waals surface area contributed by atoms with Crippen molar-refractivity contribution in [3.05, 3.63) is 64.9 Å². The van der Waals surface area contributed by atoms with Gasteiger partial charge in [0, 0.05) is 10.9 Å². The molecule has 1 amide bonds. The van der Waals surface area contributed by atoms with Crippen molar-refractivity contribution in [2.45, 2.75) is 19.5 Å². The van der Waals surface area contributed by atoms with E-state index in [1.165, 1.54) is 4.80 Å². The molecule has 0 unspecified atom stereocenters. The van der Waals surface area contributed by atoms with Gasteiger partial charge in [0.15, 0.2) is 0 Å². The molecule has 0 saturated carbocycles. The summed E-state index contributed by atoms with van der Waals surface area (Å²) in [5.74, 6) is 0.376. The van der Waals surface area contributed by atoms with Gasteiger partial charge in [0.1, 0.15) is 6.54 Å². The van der Waals surface area contributed by atoms with E-state index in [1.807, 2.05) is 48.0 Å². The maximum absolute atomic E-state index is 12.4. The number of benzene rings is 2. The van der Waals surface area contributed by atoms with E-state index < -0.39 is 0 Å². The highest BCUT2D eigenvalue weighted by atomic mass is 32.1. The summed E-state index contributed by atoms with van der Waals surface area (Å²) >= 11 is 1.57. The fourth-order valence-electron chi connectivity index (χ4n) is 2.94.